The SMILES string of the molecule is FC(F)(F)COc1ccc(CNCc2cccnc2)cc1. The molecule has 0 bridgehead atoms. The lowest BCUT2D eigenvalue weighted by atomic mass is 10.2. The van der Waals surface area contributed by atoms with Crippen molar-refractivity contribution in [3.8, 4) is 5.75 Å². The van der Waals surface area contributed by atoms with Gasteiger partial charge in [0.15, 0.2) is 6.61 Å². The molecule has 2 aromatic rings. The van der Waals surface area contributed by atoms with Crippen molar-refractivity contribution in [1.29, 1.82) is 0 Å². The Morgan fingerprint density at radius 2 is 1.71 bits per heavy atom. The molecule has 0 aliphatic rings. The Morgan fingerprint density at radius 1 is 1.00 bits per heavy atom. The lowest BCUT2D eigenvalue weighted by molar-refractivity contribution is -0.153. The maximum atomic E-state index is 12.0. The van der Waals surface area contributed by atoms with E-state index in [1.165, 1.54) is 12.1 Å². The molecule has 112 valence electrons. The van der Waals surface area contributed by atoms with Gasteiger partial charge in [-0.3, -0.25) is 4.98 Å². The van der Waals surface area contributed by atoms with E-state index >= 15 is 0 Å². The van der Waals surface area contributed by atoms with Crippen LogP contribution in [0.25, 0.3) is 0 Å². The largest absolute Gasteiger partial charge is 0.484 e. The third-order valence-corrected chi connectivity index (χ3v) is 2.71. The van der Waals surface area contributed by atoms with Crippen LogP contribution < -0.4 is 10.1 Å². The van der Waals surface area contributed by atoms with Crippen molar-refractivity contribution in [1.82, 2.24) is 10.3 Å². The van der Waals surface area contributed by atoms with Crippen LogP contribution in [0.1, 0.15) is 11.1 Å². The zero-order chi connectivity index (χ0) is 15.1. The predicted molar refractivity (Wildman–Crippen MR) is 72.8 cm³/mol. The highest BCUT2D eigenvalue weighted by Gasteiger charge is 2.28. The number of halogens is 3. The molecule has 21 heavy (non-hydrogen) atoms. The quantitative estimate of drug-likeness (QED) is 0.888. The Bertz CT molecular complexity index is 541. The molecule has 2 rings (SSSR count). The van der Waals surface area contributed by atoms with E-state index in [2.05, 4.69) is 15.0 Å². The van der Waals surface area contributed by atoms with Crippen LogP contribution in [0.4, 0.5) is 13.2 Å². The van der Waals surface area contributed by atoms with Gasteiger partial charge in [0.1, 0.15) is 5.75 Å². The summed E-state index contributed by atoms with van der Waals surface area (Å²) in [5, 5.41) is 3.23. The second-order valence-corrected chi connectivity index (χ2v) is 4.51. The molecule has 0 radical (unpaired) electrons. The summed E-state index contributed by atoms with van der Waals surface area (Å²) >= 11 is 0. The molecule has 0 aliphatic carbocycles. The van der Waals surface area contributed by atoms with Crippen LogP contribution in [-0.2, 0) is 13.1 Å². The second kappa shape index (κ2) is 7.08. The van der Waals surface area contributed by atoms with Gasteiger partial charge in [-0.1, -0.05) is 18.2 Å². The fraction of sp³-hybridized carbons (Fsp3) is 0.267. The molecule has 0 fully saturated rings. The highest BCUT2D eigenvalue weighted by Crippen LogP contribution is 2.18. The van der Waals surface area contributed by atoms with Crippen molar-refractivity contribution in [2.75, 3.05) is 6.61 Å². The fourth-order valence-electron chi connectivity index (χ4n) is 1.72. The van der Waals surface area contributed by atoms with E-state index in [1.54, 1.807) is 24.5 Å². The summed E-state index contributed by atoms with van der Waals surface area (Å²) in [6.07, 6.45) is -0.825. The first-order valence-electron chi connectivity index (χ1n) is 6.41. The first-order valence-corrected chi connectivity index (χ1v) is 6.41. The van der Waals surface area contributed by atoms with Gasteiger partial charge in [0.25, 0.3) is 0 Å². The monoisotopic (exact) mass is 296 g/mol. The minimum absolute atomic E-state index is 0.211. The topological polar surface area (TPSA) is 34.1 Å². The summed E-state index contributed by atoms with van der Waals surface area (Å²) in [7, 11) is 0. The van der Waals surface area contributed by atoms with Crippen LogP contribution in [0.2, 0.25) is 0 Å². The molecule has 1 aromatic heterocycles. The van der Waals surface area contributed by atoms with Gasteiger partial charge in [-0.2, -0.15) is 13.2 Å². The standard InChI is InChI=1S/C15H15F3N2O/c16-15(17,18)11-21-14-5-3-12(4-6-14)8-20-10-13-2-1-7-19-9-13/h1-7,9,20H,8,10-11H2. The first-order chi connectivity index (χ1) is 10.0. The number of pyridine rings is 1. The van der Waals surface area contributed by atoms with Crippen LogP contribution in [0.15, 0.2) is 48.8 Å². The van der Waals surface area contributed by atoms with Crippen molar-refractivity contribution in [2.24, 2.45) is 0 Å². The summed E-state index contributed by atoms with van der Waals surface area (Å²) in [4.78, 5) is 4.01. The average molecular weight is 296 g/mol. The van der Waals surface area contributed by atoms with Crippen molar-refractivity contribution in [2.45, 2.75) is 19.3 Å². The fourth-order valence-corrected chi connectivity index (χ4v) is 1.72. The van der Waals surface area contributed by atoms with Gasteiger partial charge in [-0.25, -0.2) is 0 Å². The Kier molecular flexibility index (Phi) is 5.16. The average Bonchev–Trinajstić information content (AvgIpc) is 2.47. The molecule has 0 saturated carbocycles. The maximum absolute atomic E-state index is 12.0. The smallest absolute Gasteiger partial charge is 0.422 e. The molecule has 0 unspecified atom stereocenters. The number of nitrogens with zero attached hydrogens (tertiary/aromatic N) is 1. The normalized spacial score (nSPS) is 11.4. The number of benzene rings is 1. The number of alkyl halides is 3. The molecule has 0 aliphatic heterocycles. The molecule has 1 aromatic carbocycles. The maximum Gasteiger partial charge on any atom is 0.422 e. The molecule has 0 amide bonds. The summed E-state index contributed by atoms with van der Waals surface area (Å²) in [5.74, 6) is 0.211. The molecule has 1 N–H and O–H groups in total. The number of aromatic nitrogens is 1. The Labute approximate surface area is 120 Å². The van der Waals surface area contributed by atoms with E-state index in [9.17, 15) is 13.2 Å². The molecule has 3 nitrogen and oxygen atoms in total. The molecular formula is C15H15F3N2O. The van der Waals surface area contributed by atoms with Crippen molar-refractivity contribution in [3.05, 3.63) is 59.9 Å². The van der Waals surface area contributed by atoms with E-state index in [4.69, 9.17) is 0 Å². The Balaban J connectivity index is 1.77. The van der Waals surface area contributed by atoms with E-state index in [1.807, 2.05) is 12.1 Å². The van der Waals surface area contributed by atoms with Gasteiger partial charge < -0.3 is 10.1 Å². The zero-order valence-electron chi connectivity index (χ0n) is 11.2. The zero-order valence-corrected chi connectivity index (χ0v) is 11.2. The minimum atomic E-state index is -4.32. The number of ether oxygens (including phenoxy) is 1. The van der Waals surface area contributed by atoms with Gasteiger partial charge in [0.2, 0.25) is 0 Å². The van der Waals surface area contributed by atoms with Crippen LogP contribution in [-0.4, -0.2) is 17.8 Å². The highest BCUT2D eigenvalue weighted by molar-refractivity contribution is 5.27. The van der Waals surface area contributed by atoms with Crippen LogP contribution >= 0.6 is 0 Å². The van der Waals surface area contributed by atoms with Crippen molar-refractivity contribution in [3.63, 3.8) is 0 Å². The number of nitrogens with one attached hydrogen (secondary N) is 1. The second-order valence-electron chi connectivity index (χ2n) is 4.51. The highest BCUT2D eigenvalue weighted by atomic mass is 19.4. The summed E-state index contributed by atoms with van der Waals surface area (Å²) in [5.41, 5.74) is 2.04. The first kappa shape index (κ1) is 15.3. The number of rotatable bonds is 6. The third-order valence-electron chi connectivity index (χ3n) is 2.71. The predicted octanol–water partition coefficient (Wildman–Crippen LogP) is 3.31. The van der Waals surface area contributed by atoms with Crippen molar-refractivity contribution >= 4 is 0 Å². The third kappa shape index (κ3) is 5.83. The minimum Gasteiger partial charge on any atom is -0.484 e. The van der Waals surface area contributed by atoms with Gasteiger partial charge in [0.05, 0.1) is 0 Å². The lowest BCUT2D eigenvalue weighted by Gasteiger charge is -2.10. The molecule has 0 spiro atoms. The van der Waals surface area contributed by atoms with Crippen molar-refractivity contribution < 1.29 is 17.9 Å². The molecule has 1 heterocycles. The summed E-state index contributed by atoms with van der Waals surface area (Å²) in [6.45, 7) is 0.0280. The number of hydrogen-bond acceptors (Lipinski definition) is 3. The van der Waals surface area contributed by atoms with Crippen LogP contribution in [0, 0.1) is 0 Å². The lowest BCUT2D eigenvalue weighted by Crippen LogP contribution is -2.19. The summed E-state index contributed by atoms with van der Waals surface area (Å²) < 4.78 is 40.7. The van der Waals surface area contributed by atoms with Crippen LogP contribution in [0.3, 0.4) is 0 Å². The summed E-state index contributed by atoms with van der Waals surface area (Å²) in [6, 6.07) is 10.4. The van der Waals surface area contributed by atoms with Gasteiger partial charge >= 0.3 is 6.18 Å². The van der Waals surface area contributed by atoms with Crippen LogP contribution in [0.5, 0.6) is 5.75 Å². The van der Waals surface area contributed by atoms with E-state index in [0.717, 1.165) is 11.1 Å². The van der Waals surface area contributed by atoms with Gasteiger partial charge in [0, 0.05) is 25.5 Å². The Hall–Kier alpha value is -2.08. The van der Waals surface area contributed by atoms with Gasteiger partial charge in [-0.15, -0.1) is 0 Å². The molecule has 6 heteroatoms. The number of hydrogen-bond donors (Lipinski definition) is 1. The van der Waals surface area contributed by atoms with E-state index in [-0.39, 0.29) is 5.75 Å². The molecule has 0 atom stereocenters. The van der Waals surface area contributed by atoms with E-state index < -0.39 is 12.8 Å². The molecule has 0 saturated heterocycles. The van der Waals surface area contributed by atoms with E-state index in [0.29, 0.717) is 13.1 Å². The van der Waals surface area contributed by atoms with Gasteiger partial charge in [-0.05, 0) is 29.3 Å². The Morgan fingerprint density at radius 3 is 2.33 bits per heavy atom. The molecular weight excluding hydrogens is 281 g/mol.